The summed E-state index contributed by atoms with van der Waals surface area (Å²) >= 11 is 1.39. The van der Waals surface area contributed by atoms with E-state index in [-0.39, 0.29) is 5.69 Å². The number of thiazole rings is 1. The Balaban J connectivity index is 1.59. The van der Waals surface area contributed by atoms with Crippen molar-refractivity contribution in [3.8, 4) is 5.75 Å². The summed E-state index contributed by atoms with van der Waals surface area (Å²) in [6.45, 7) is 5.08. The minimum absolute atomic E-state index is 0.259. The number of nitrogens with zero attached hydrogens (tertiary/aromatic N) is 2. The second kappa shape index (κ2) is 8.63. The first-order valence-electron chi connectivity index (χ1n) is 8.29. The van der Waals surface area contributed by atoms with Crippen molar-refractivity contribution < 1.29 is 19.1 Å². The summed E-state index contributed by atoms with van der Waals surface area (Å²) in [5.41, 5.74) is 5.40. The number of anilines is 1. The first-order chi connectivity index (χ1) is 12.7. The SMILES string of the molecule is CCOc1ccccc1C(=O)NNC(=O)c1csc(N2CCOCC2)n1. The summed E-state index contributed by atoms with van der Waals surface area (Å²) in [4.78, 5) is 30.9. The van der Waals surface area contributed by atoms with Gasteiger partial charge in [0, 0.05) is 18.5 Å². The Kier molecular flexibility index (Phi) is 6.03. The highest BCUT2D eigenvalue weighted by molar-refractivity contribution is 7.13. The molecule has 1 saturated heterocycles. The number of benzene rings is 1. The maximum atomic E-state index is 12.3. The largest absolute Gasteiger partial charge is 0.493 e. The number of hydrazine groups is 1. The van der Waals surface area contributed by atoms with Crippen LogP contribution in [0.15, 0.2) is 29.6 Å². The standard InChI is InChI=1S/C17H20N4O4S/c1-2-25-14-6-4-3-5-12(14)15(22)19-20-16(23)13-11-26-17(18-13)21-7-9-24-10-8-21/h3-6,11H,2,7-10H2,1H3,(H,19,22)(H,20,23). The molecule has 2 heterocycles. The molecule has 0 bridgehead atoms. The van der Waals surface area contributed by atoms with Crippen molar-refractivity contribution in [1.29, 1.82) is 0 Å². The molecule has 3 rings (SSSR count). The zero-order valence-corrected chi connectivity index (χ0v) is 15.2. The van der Waals surface area contributed by atoms with Gasteiger partial charge in [0.05, 0.1) is 25.4 Å². The van der Waals surface area contributed by atoms with Gasteiger partial charge in [-0.2, -0.15) is 0 Å². The van der Waals surface area contributed by atoms with E-state index in [1.165, 1.54) is 11.3 Å². The summed E-state index contributed by atoms with van der Waals surface area (Å²) < 4.78 is 10.7. The average molecular weight is 376 g/mol. The van der Waals surface area contributed by atoms with Gasteiger partial charge in [-0.15, -0.1) is 11.3 Å². The van der Waals surface area contributed by atoms with Crippen molar-refractivity contribution in [1.82, 2.24) is 15.8 Å². The van der Waals surface area contributed by atoms with Crippen LogP contribution in [0.3, 0.4) is 0 Å². The first kappa shape index (κ1) is 18.2. The summed E-state index contributed by atoms with van der Waals surface area (Å²) in [5.74, 6) is -0.459. The number of nitrogens with one attached hydrogen (secondary N) is 2. The number of hydrogen-bond acceptors (Lipinski definition) is 7. The Bertz CT molecular complexity index is 774. The summed E-state index contributed by atoms with van der Waals surface area (Å²) in [7, 11) is 0. The second-order valence-electron chi connectivity index (χ2n) is 5.45. The molecule has 1 aliphatic rings. The van der Waals surface area contributed by atoms with Crippen LogP contribution in [0.4, 0.5) is 5.13 Å². The molecule has 26 heavy (non-hydrogen) atoms. The third kappa shape index (κ3) is 4.30. The predicted octanol–water partition coefficient (Wildman–Crippen LogP) is 1.45. The van der Waals surface area contributed by atoms with Crippen LogP contribution in [0, 0.1) is 0 Å². The Morgan fingerprint density at radius 1 is 1.23 bits per heavy atom. The van der Waals surface area contributed by atoms with Crippen LogP contribution in [-0.2, 0) is 4.74 Å². The fourth-order valence-corrected chi connectivity index (χ4v) is 3.31. The molecular formula is C17H20N4O4S. The molecule has 138 valence electrons. The van der Waals surface area contributed by atoms with Crippen molar-refractivity contribution in [2.45, 2.75) is 6.92 Å². The van der Waals surface area contributed by atoms with E-state index in [0.717, 1.165) is 18.2 Å². The highest BCUT2D eigenvalue weighted by Gasteiger charge is 2.18. The van der Waals surface area contributed by atoms with Gasteiger partial charge in [-0.1, -0.05) is 12.1 Å². The van der Waals surface area contributed by atoms with Gasteiger partial charge in [0.25, 0.3) is 11.8 Å². The van der Waals surface area contributed by atoms with Gasteiger partial charge in [0.1, 0.15) is 11.4 Å². The molecule has 1 fully saturated rings. The van der Waals surface area contributed by atoms with Crippen LogP contribution in [0.25, 0.3) is 0 Å². The van der Waals surface area contributed by atoms with E-state index in [1.807, 2.05) is 6.92 Å². The molecule has 9 heteroatoms. The quantitative estimate of drug-likeness (QED) is 0.768. The Hall–Kier alpha value is -2.65. The first-order valence-corrected chi connectivity index (χ1v) is 9.17. The lowest BCUT2D eigenvalue weighted by Gasteiger charge is -2.25. The van der Waals surface area contributed by atoms with Gasteiger partial charge in [-0.25, -0.2) is 4.98 Å². The summed E-state index contributed by atoms with van der Waals surface area (Å²) in [5, 5.41) is 2.44. The van der Waals surface area contributed by atoms with Gasteiger partial charge in [-0.05, 0) is 19.1 Å². The number of amides is 2. The lowest BCUT2D eigenvalue weighted by atomic mass is 10.2. The van der Waals surface area contributed by atoms with E-state index < -0.39 is 11.8 Å². The van der Waals surface area contributed by atoms with Crippen LogP contribution in [0.5, 0.6) is 5.75 Å². The van der Waals surface area contributed by atoms with Gasteiger partial charge in [0.2, 0.25) is 0 Å². The smallest absolute Gasteiger partial charge is 0.289 e. The predicted molar refractivity (Wildman–Crippen MR) is 97.7 cm³/mol. The van der Waals surface area contributed by atoms with Gasteiger partial charge in [-0.3, -0.25) is 20.4 Å². The van der Waals surface area contributed by atoms with Crippen LogP contribution in [0.1, 0.15) is 27.8 Å². The van der Waals surface area contributed by atoms with Crippen molar-refractivity contribution in [3.05, 3.63) is 40.9 Å². The number of morpholine rings is 1. The number of ether oxygens (including phenoxy) is 2. The van der Waals surface area contributed by atoms with Gasteiger partial charge >= 0.3 is 0 Å². The van der Waals surface area contributed by atoms with E-state index in [4.69, 9.17) is 9.47 Å². The van der Waals surface area contributed by atoms with Crippen molar-refractivity contribution in [3.63, 3.8) is 0 Å². The van der Waals surface area contributed by atoms with Gasteiger partial charge < -0.3 is 14.4 Å². The minimum Gasteiger partial charge on any atom is -0.493 e. The molecule has 1 aliphatic heterocycles. The maximum absolute atomic E-state index is 12.3. The number of hydrogen-bond donors (Lipinski definition) is 2. The van der Waals surface area contributed by atoms with Crippen LogP contribution in [0.2, 0.25) is 0 Å². The number of rotatable bonds is 5. The Morgan fingerprint density at radius 3 is 2.73 bits per heavy atom. The van der Waals surface area contributed by atoms with E-state index in [0.29, 0.717) is 31.1 Å². The molecule has 0 saturated carbocycles. The topological polar surface area (TPSA) is 92.8 Å². The van der Waals surface area contributed by atoms with E-state index >= 15 is 0 Å². The van der Waals surface area contributed by atoms with E-state index in [2.05, 4.69) is 20.7 Å². The number of aromatic nitrogens is 1. The Morgan fingerprint density at radius 2 is 1.96 bits per heavy atom. The fraction of sp³-hybridized carbons (Fsp3) is 0.353. The molecular weight excluding hydrogens is 356 g/mol. The molecule has 2 amide bonds. The third-order valence-corrected chi connectivity index (χ3v) is 4.63. The third-order valence-electron chi connectivity index (χ3n) is 3.73. The van der Waals surface area contributed by atoms with Crippen LogP contribution >= 0.6 is 11.3 Å². The van der Waals surface area contributed by atoms with Crippen molar-refractivity contribution >= 4 is 28.3 Å². The Labute approximate surface area is 155 Å². The monoisotopic (exact) mass is 376 g/mol. The molecule has 1 aromatic heterocycles. The molecule has 2 N–H and O–H groups in total. The molecule has 0 aliphatic carbocycles. The molecule has 1 aromatic carbocycles. The summed E-state index contributed by atoms with van der Waals surface area (Å²) in [6, 6.07) is 6.85. The second-order valence-corrected chi connectivity index (χ2v) is 6.29. The number of carbonyl (C=O) groups is 2. The van der Waals surface area contributed by atoms with Crippen molar-refractivity contribution in [2.24, 2.45) is 0 Å². The number of carbonyl (C=O) groups excluding carboxylic acids is 2. The zero-order valence-electron chi connectivity index (χ0n) is 14.4. The van der Waals surface area contributed by atoms with E-state index in [1.54, 1.807) is 29.6 Å². The zero-order chi connectivity index (χ0) is 18.4. The molecule has 0 atom stereocenters. The maximum Gasteiger partial charge on any atom is 0.289 e. The van der Waals surface area contributed by atoms with E-state index in [9.17, 15) is 9.59 Å². The molecule has 0 spiro atoms. The fourth-order valence-electron chi connectivity index (χ4n) is 2.45. The number of para-hydroxylation sites is 1. The molecule has 8 nitrogen and oxygen atoms in total. The molecule has 2 aromatic rings. The van der Waals surface area contributed by atoms with Crippen LogP contribution < -0.4 is 20.5 Å². The highest BCUT2D eigenvalue weighted by Crippen LogP contribution is 2.21. The van der Waals surface area contributed by atoms with Crippen LogP contribution in [-0.4, -0.2) is 49.7 Å². The lowest BCUT2D eigenvalue weighted by Crippen LogP contribution is -2.42. The molecule has 0 radical (unpaired) electrons. The minimum atomic E-state index is -0.469. The lowest BCUT2D eigenvalue weighted by molar-refractivity contribution is 0.0842. The highest BCUT2D eigenvalue weighted by atomic mass is 32.1. The molecule has 0 unspecified atom stereocenters. The average Bonchev–Trinajstić information content (AvgIpc) is 3.17. The van der Waals surface area contributed by atoms with Crippen molar-refractivity contribution in [2.75, 3.05) is 37.8 Å². The normalized spacial score (nSPS) is 14.0. The van der Waals surface area contributed by atoms with Gasteiger partial charge in [0.15, 0.2) is 5.13 Å². The summed E-state index contributed by atoms with van der Waals surface area (Å²) in [6.07, 6.45) is 0.